The van der Waals surface area contributed by atoms with E-state index in [-0.39, 0.29) is 29.4 Å². The van der Waals surface area contributed by atoms with E-state index in [2.05, 4.69) is 17.2 Å². The lowest BCUT2D eigenvalue weighted by Gasteiger charge is -2.27. The van der Waals surface area contributed by atoms with Gasteiger partial charge >= 0.3 is 0 Å². The second kappa shape index (κ2) is 4.24. The molecule has 2 saturated heterocycles. The molecule has 0 radical (unpaired) electrons. The van der Waals surface area contributed by atoms with Crippen LogP contribution in [0, 0.1) is 5.92 Å². The summed E-state index contributed by atoms with van der Waals surface area (Å²) in [6.45, 7) is 3.89. The predicted molar refractivity (Wildman–Crippen MR) is 66.3 cm³/mol. The zero-order valence-corrected chi connectivity index (χ0v) is 10.3. The number of aromatic nitrogens is 1. The number of hydrogen-bond donors (Lipinski definition) is 2. The van der Waals surface area contributed by atoms with Crippen molar-refractivity contribution < 1.29 is 9.90 Å². The van der Waals surface area contributed by atoms with E-state index >= 15 is 0 Å². The number of rotatable bonds is 1. The standard InChI is InChI=1S/C13H17N3O2/c1-8-5-9-6-14-7-10(9)16(8)13(18)12-11(17)3-2-4-15-12/h2-4,8-10,14,17H,5-7H2,1H3. The van der Waals surface area contributed by atoms with E-state index in [0.29, 0.717) is 5.92 Å². The lowest BCUT2D eigenvalue weighted by atomic mass is 10.0. The molecule has 0 bridgehead atoms. The summed E-state index contributed by atoms with van der Waals surface area (Å²) in [6, 6.07) is 3.59. The van der Waals surface area contributed by atoms with E-state index in [1.807, 2.05) is 4.90 Å². The molecular formula is C13H17N3O2. The van der Waals surface area contributed by atoms with Crippen LogP contribution in [0.1, 0.15) is 23.8 Å². The first-order valence-electron chi connectivity index (χ1n) is 6.36. The van der Waals surface area contributed by atoms with Crippen LogP contribution in [0.5, 0.6) is 5.75 Å². The van der Waals surface area contributed by atoms with Gasteiger partial charge in [0.2, 0.25) is 0 Å². The molecule has 2 N–H and O–H groups in total. The Kier molecular flexibility index (Phi) is 2.70. The van der Waals surface area contributed by atoms with Gasteiger partial charge in [0, 0.05) is 31.4 Å². The highest BCUT2D eigenvalue weighted by molar-refractivity contribution is 5.95. The molecule has 96 valence electrons. The third-order valence-electron chi connectivity index (χ3n) is 4.00. The van der Waals surface area contributed by atoms with Crippen LogP contribution >= 0.6 is 0 Å². The molecule has 0 spiro atoms. The number of nitrogens with one attached hydrogen (secondary N) is 1. The van der Waals surface area contributed by atoms with E-state index in [1.165, 1.54) is 12.3 Å². The summed E-state index contributed by atoms with van der Waals surface area (Å²) < 4.78 is 0. The fraction of sp³-hybridized carbons (Fsp3) is 0.538. The van der Waals surface area contributed by atoms with E-state index in [4.69, 9.17) is 0 Å². The molecule has 1 aromatic heterocycles. The number of nitrogens with zero attached hydrogens (tertiary/aromatic N) is 2. The van der Waals surface area contributed by atoms with Crippen LogP contribution in [0.4, 0.5) is 0 Å². The molecule has 5 heteroatoms. The Morgan fingerprint density at radius 2 is 2.39 bits per heavy atom. The first kappa shape index (κ1) is 11.5. The first-order chi connectivity index (χ1) is 8.68. The Bertz CT molecular complexity index is 477. The van der Waals surface area contributed by atoms with Crippen molar-refractivity contribution in [1.82, 2.24) is 15.2 Å². The van der Waals surface area contributed by atoms with E-state index in [9.17, 15) is 9.90 Å². The lowest BCUT2D eigenvalue weighted by Crippen LogP contribution is -2.43. The maximum Gasteiger partial charge on any atom is 0.276 e. The molecule has 0 saturated carbocycles. The molecule has 18 heavy (non-hydrogen) atoms. The Morgan fingerprint density at radius 1 is 1.56 bits per heavy atom. The normalized spacial score (nSPS) is 30.5. The Morgan fingerprint density at radius 3 is 3.17 bits per heavy atom. The fourth-order valence-corrected chi connectivity index (χ4v) is 3.20. The van der Waals surface area contributed by atoms with E-state index < -0.39 is 0 Å². The van der Waals surface area contributed by atoms with Gasteiger partial charge in [0.05, 0.1) is 0 Å². The second-order valence-corrected chi connectivity index (χ2v) is 5.15. The average molecular weight is 247 g/mol. The predicted octanol–water partition coefficient (Wildman–Crippen LogP) is 0.610. The number of amides is 1. The minimum absolute atomic E-state index is 0.0379. The van der Waals surface area contributed by atoms with Crippen LogP contribution in [0.2, 0.25) is 0 Å². The number of fused-ring (bicyclic) bond motifs is 1. The largest absolute Gasteiger partial charge is 0.505 e. The minimum Gasteiger partial charge on any atom is -0.505 e. The van der Waals surface area contributed by atoms with Gasteiger partial charge in [-0.25, -0.2) is 4.98 Å². The van der Waals surface area contributed by atoms with Crippen LogP contribution < -0.4 is 5.32 Å². The molecule has 0 aromatic carbocycles. The summed E-state index contributed by atoms with van der Waals surface area (Å²) >= 11 is 0. The van der Waals surface area contributed by atoms with Crippen LogP contribution in [-0.2, 0) is 0 Å². The summed E-state index contributed by atoms with van der Waals surface area (Å²) in [5.41, 5.74) is 0.164. The smallest absolute Gasteiger partial charge is 0.276 e. The summed E-state index contributed by atoms with van der Waals surface area (Å²) in [7, 11) is 0. The Hall–Kier alpha value is -1.62. The summed E-state index contributed by atoms with van der Waals surface area (Å²) in [6.07, 6.45) is 2.56. The Balaban J connectivity index is 1.90. The summed E-state index contributed by atoms with van der Waals surface area (Å²) in [4.78, 5) is 18.4. The quantitative estimate of drug-likeness (QED) is 0.763. The van der Waals surface area contributed by atoms with Crippen molar-refractivity contribution in [2.75, 3.05) is 13.1 Å². The van der Waals surface area contributed by atoms with Gasteiger partial charge in [-0.2, -0.15) is 0 Å². The van der Waals surface area contributed by atoms with Gasteiger partial charge in [0.15, 0.2) is 5.69 Å². The van der Waals surface area contributed by atoms with Crippen LogP contribution in [0.25, 0.3) is 0 Å². The number of pyridine rings is 1. The molecule has 0 aliphatic carbocycles. The van der Waals surface area contributed by atoms with Gasteiger partial charge in [-0.3, -0.25) is 4.79 Å². The highest BCUT2D eigenvalue weighted by Gasteiger charge is 2.44. The van der Waals surface area contributed by atoms with Crippen molar-refractivity contribution in [3.8, 4) is 5.75 Å². The summed E-state index contributed by atoms with van der Waals surface area (Å²) in [5, 5.41) is 13.1. The van der Waals surface area contributed by atoms with Gasteiger partial charge in [0.1, 0.15) is 5.75 Å². The van der Waals surface area contributed by atoms with Crippen LogP contribution in [0.3, 0.4) is 0 Å². The number of carbonyl (C=O) groups is 1. The average Bonchev–Trinajstić information content (AvgIpc) is 2.88. The summed E-state index contributed by atoms with van der Waals surface area (Å²) in [5.74, 6) is 0.343. The highest BCUT2D eigenvalue weighted by Crippen LogP contribution is 2.33. The van der Waals surface area contributed by atoms with Gasteiger partial charge < -0.3 is 15.3 Å². The highest BCUT2D eigenvalue weighted by atomic mass is 16.3. The van der Waals surface area contributed by atoms with Crippen LogP contribution in [-0.4, -0.2) is 46.1 Å². The Labute approximate surface area is 106 Å². The molecule has 2 fully saturated rings. The lowest BCUT2D eigenvalue weighted by molar-refractivity contribution is 0.0672. The number of aromatic hydroxyl groups is 1. The molecule has 3 rings (SSSR count). The van der Waals surface area contributed by atoms with Crippen molar-refractivity contribution in [3.05, 3.63) is 24.0 Å². The second-order valence-electron chi connectivity index (χ2n) is 5.15. The monoisotopic (exact) mass is 247 g/mol. The van der Waals surface area contributed by atoms with Gasteiger partial charge in [0.25, 0.3) is 5.91 Å². The molecular weight excluding hydrogens is 230 g/mol. The van der Waals surface area contributed by atoms with Crippen molar-refractivity contribution in [2.45, 2.75) is 25.4 Å². The van der Waals surface area contributed by atoms with Crippen molar-refractivity contribution >= 4 is 5.91 Å². The molecule has 3 unspecified atom stereocenters. The molecule has 5 nitrogen and oxygen atoms in total. The van der Waals surface area contributed by atoms with Crippen LogP contribution in [0.15, 0.2) is 18.3 Å². The van der Waals surface area contributed by atoms with Crippen molar-refractivity contribution in [1.29, 1.82) is 0 Å². The number of hydrogen-bond acceptors (Lipinski definition) is 4. The zero-order valence-electron chi connectivity index (χ0n) is 10.3. The first-order valence-corrected chi connectivity index (χ1v) is 6.36. The molecule has 2 aliphatic heterocycles. The fourth-order valence-electron chi connectivity index (χ4n) is 3.20. The maximum absolute atomic E-state index is 12.5. The third kappa shape index (κ3) is 1.66. The third-order valence-corrected chi connectivity index (χ3v) is 4.00. The topological polar surface area (TPSA) is 65.5 Å². The maximum atomic E-state index is 12.5. The number of carbonyl (C=O) groups excluding carboxylic acids is 1. The van der Waals surface area contributed by atoms with E-state index in [0.717, 1.165) is 19.5 Å². The molecule has 1 amide bonds. The molecule has 3 atom stereocenters. The number of likely N-dealkylation sites (tertiary alicyclic amines) is 1. The molecule has 1 aromatic rings. The van der Waals surface area contributed by atoms with Gasteiger partial charge in [-0.05, 0) is 31.4 Å². The minimum atomic E-state index is -0.156. The van der Waals surface area contributed by atoms with Crippen molar-refractivity contribution in [3.63, 3.8) is 0 Å². The van der Waals surface area contributed by atoms with Crippen molar-refractivity contribution in [2.24, 2.45) is 5.92 Å². The zero-order chi connectivity index (χ0) is 12.7. The molecule has 2 aliphatic rings. The van der Waals surface area contributed by atoms with Gasteiger partial charge in [-0.15, -0.1) is 0 Å². The molecule has 3 heterocycles. The van der Waals surface area contributed by atoms with E-state index in [1.54, 1.807) is 6.07 Å². The van der Waals surface area contributed by atoms with Gasteiger partial charge in [-0.1, -0.05) is 0 Å². The SMILES string of the molecule is CC1CC2CNCC2N1C(=O)c1ncccc1O.